The zero-order valence-electron chi connectivity index (χ0n) is 13.5. The predicted octanol–water partition coefficient (Wildman–Crippen LogP) is 2.54. The van der Waals surface area contributed by atoms with Gasteiger partial charge in [0.1, 0.15) is 0 Å². The number of aromatic nitrogens is 1. The van der Waals surface area contributed by atoms with Gasteiger partial charge in [0, 0.05) is 17.5 Å². The van der Waals surface area contributed by atoms with Crippen LogP contribution in [0.5, 0.6) is 5.88 Å². The largest absolute Gasteiger partial charge is 0.468 e. The van der Waals surface area contributed by atoms with Crippen LogP contribution >= 0.6 is 11.3 Å². The van der Waals surface area contributed by atoms with E-state index < -0.39 is 0 Å². The SMILES string of the molecule is CCNC(=O)Nc1ccc(OCC(=O)NC(C)c2cccs2)nc1. The molecule has 0 aromatic carbocycles. The van der Waals surface area contributed by atoms with Gasteiger partial charge in [-0.2, -0.15) is 0 Å². The molecule has 0 bridgehead atoms. The van der Waals surface area contributed by atoms with Crippen LogP contribution in [0.4, 0.5) is 10.5 Å². The number of ether oxygens (including phenoxy) is 1. The van der Waals surface area contributed by atoms with Crippen molar-refractivity contribution in [1.82, 2.24) is 15.6 Å². The third kappa shape index (κ3) is 5.54. The van der Waals surface area contributed by atoms with Crippen LogP contribution in [0.3, 0.4) is 0 Å². The molecule has 2 rings (SSSR count). The normalized spacial score (nSPS) is 11.4. The van der Waals surface area contributed by atoms with Crippen molar-refractivity contribution in [3.63, 3.8) is 0 Å². The molecule has 0 saturated heterocycles. The Morgan fingerprint density at radius 3 is 2.79 bits per heavy atom. The molecule has 0 spiro atoms. The highest BCUT2D eigenvalue weighted by Crippen LogP contribution is 2.18. The van der Waals surface area contributed by atoms with Crippen LogP contribution in [0.25, 0.3) is 0 Å². The van der Waals surface area contributed by atoms with Crippen LogP contribution in [0, 0.1) is 0 Å². The zero-order chi connectivity index (χ0) is 17.4. The Bertz CT molecular complexity index is 658. The molecule has 0 saturated carbocycles. The van der Waals surface area contributed by atoms with E-state index in [1.54, 1.807) is 23.5 Å². The lowest BCUT2D eigenvalue weighted by Gasteiger charge is -2.12. The summed E-state index contributed by atoms with van der Waals surface area (Å²) in [5.74, 6) is 0.0950. The number of carbonyl (C=O) groups is 2. The average Bonchev–Trinajstić information content (AvgIpc) is 3.09. The summed E-state index contributed by atoms with van der Waals surface area (Å²) in [5.41, 5.74) is 0.545. The van der Waals surface area contributed by atoms with Crippen LogP contribution in [0.2, 0.25) is 0 Å². The van der Waals surface area contributed by atoms with Gasteiger partial charge in [0.2, 0.25) is 5.88 Å². The third-order valence-corrected chi connectivity index (χ3v) is 4.09. The minimum absolute atomic E-state index is 0.0577. The van der Waals surface area contributed by atoms with E-state index in [1.165, 1.54) is 6.20 Å². The first kappa shape index (κ1) is 17.7. The highest BCUT2D eigenvalue weighted by Gasteiger charge is 2.11. The number of carbonyl (C=O) groups excluding carboxylic acids is 2. The van der Waals surface area contributed by atoms with Crippen molar-refractivity contribution < 1.29 is 14.3 Å². The maximum absolute atomic E-state index is 11.9. The molecule has 3 amide bonds. The lowest BCUT2D eigenvalue weighted by Crippen LogP contribution is -2.31. The van der Waals surface area contributed by atoms with E-state index in [0.29, 0.717) is 18.1 Å². The molecule has 0 aliphatic heterocycles. The maximum atomic E-state index is 11.9. The van der Waals surface area contributed by atoms with E-state index in [4.69, 9.17) is 4.74 Å². The average molecular weight is 348 g/mol. The van der Waals surface area contributed by atoms with Gasteiger partial charge in [-0.1, -0.05) is 6.07 Å². The quantitative estimate of drug-likeness (QED) is 0.717. The molecule has 24 heavy (non-hydrogen) atoms. The van der Waals surface area contributed by atoms with Gasteiger partial charge < -0.3 is 20.7 Å². The Balaban J connectivity index is 1.77. The van der Waals surface area contributed by atoms with Crippen LogP contribution in [-0.2, 0) is 4.79 Å². The van der Waals surface area contributed by atoms with Crippen LogP contribution < -0.4 is 20.7 Å². The number of hydrogen-bond acceptors (Lipinski definition) is 5. The van der Waals surface area contributed by atoms with Gasteiger partial charge in [-0.25, -0.2) is 9.78 Å². The number of rotatable bonds is 7. The maximum Gasteiger partial charge on any atom is 0.319 e. The number of nitrogens with one attached hydrogen (secondary N) is 3. The Hall–Kier alpha value is -2.61. The minimum atomic E-state index is -0.296. The summed E-state index contributed by atoms with van der Waals surface area (Å²) in [6, 6.07) is 6.81. The lowest BCUT2D eigenvalue weighted by molar-refractivity contribution is -0.123. The number of thiophene rings is 1. The van der Waals surface area contributed by atoms with Crippen molar-refractivity contribution in [1.29, 1.82) is 0 Å². The van der Waals surface area contributed by atoms with Crippen molar-refractivity contribution in [2.75, 3.05) is 18.5 Å². The molecular formula is C16H20N4O3S. The van der Waals surface area contributed by atoms with Gasteiger partial charge >= 0.3 is 6.03 Å². The molecule has 8 heteroatoms. The highest BCUT2D eigenvalue weighted by atomic mass is 32.1. The molecular weight excluding hydrogens is 328 g/mol. The molecule has 7 nitrogen and oxygen atoms in total. The number of hydrogen-bond donors (Lipinski definition) is 3. The van der Waals surface area contributed by atoms with Crippen LogP contribution in [-0.4, -0.2) is 30.1 Å². The number of pyridine rings is 1. The Labute approximate surface area is 144 Å². The monoisotopic (exact) mass is 348 g/mol. The molecule has 0 radical (unpaired) electrons. The Morgan fingerprint density at radius 2 is 2.17 bits per heavy atom. The summed E-state index contributed by atoms with van der Waals surface area (Å²) in [4.78, 5) is 28.4. The lowest BCUT2D eigenvalue weighted by atomic mass is 10.3. The summed E-state index contributed by atoms with van der Waals surface area (Å²) in [6.07, 6.45) is 1.47. The smallest absolute Gasteiger partial charge is 0.319 e. The Kier molecular flexibility index (Phi) is 6.56. The molecule has 1 atom stereocenters. The van der Waals surface area contributed by atoms with Gasteiger partial charge in [-0.3, -0.25) is 4.79 Å². The molecule has 3 N–H and O–H groups in total. The van der Waals surface area contributed by atoms with E-state index in [0.717, 1.165) is 4.88 Å². The molecule has 0 aliphatic carbocycles. The fourth-order valence-electron chi connectivity index (χ4n) is 1.91. The Morgan fingerprint density at radius 1 is 1.33 bits per heavy atom. The fourth-order valence-corrected chi connectivity index (χ4v) is 2.64. The molecule has 0 fully saturated rings. The topological polar surface area (TPSA) is 92.4 Å². The van der Waals surface area contributed by atoms with Crippen molar-refractivity contribution in [2.24, 2.45) is 0 Å². The van der Waals surface area contributed by atoms with Crippen molar-refractivity contribution in [2.45, 2.75) is 19.9 Å². The first-order chi connectivity index (χ1) is 11.6. The van der Waals surface area contributed by atoms with Gasteiger partial charge in [0.15, 0.2) is 6.61 Å². The van der Waals surface area contributed by atoms with Gasteiger partial charge in [0.25, 0.3) is 5.91 Å². The second-order valence-corrected chi connectivity index (χ2v) is 5.94. The molecule has 2 heterocycles. The molecule has 0 aliphatic rings. The first-order valence-corrected chi connectivity index (χ1v) is 8.43. The van der Waals surface area contributed by atoms with Crippen molar-refractivity contribution >= 4 is 29.0 Å². The fraction of sp³-hybridized carbons (Fsp3) is 0.312. The second kappa shape index (κ2) is 8.88. The van der Waals surface area contributed by atoms with E-state index in [-0.39, 0.29) is 24.6 Å². The van der Waals surface area contributed by atoms with E-state index >= 15 is 0 Å². The van der Waals surface area contributed by atoms with E-state index in [9.17, 15) is 9.59 Å². The molecule has 1 unspecified atom stereocenters. The minimum Gasteiger partial charge on any atom is -0.468 e. The zero-order valence-corrected chi connectivity index (χ0v) is 14.4. The van der Waals surface area contributed by atoms with E-state index in [2.05, 4.69) is 20.9 Å². The summed E-state index contributed by atoms with van der Waals surface area (Å²) in [6.45, 7) is 4.17. The van der Waals surface area contributed by atoms with Gasteiger partial charge in [0.05, 0.1) is 17.9 Å². The summed E-state index contributed by atoms with van der Waals surface area (Å²) >= 11 is 1.59. The standard InChI is InChI=1S/C16H20N4O3S/c1-3-17-16(22)20-12-6-7-15(18-9-12)23-10-14(21)19-11(2)13-5-4-8-24-13/h4-9,11H,3,10H2,1-2H3,(H,19,21)(H2,17,20,22). The van der Waals surface area contributed by atoms with Crippen LogP contribution in [0.15, 0.2) is 35.8 Å². The first-order valence-electron chi connectivity index (χ1n) is 7.55. The van der Waals surface area contributed by atoms with Crippen molar-refractivity contribution in [3.05, 3.63) is 40.7 Å². The van der Waals surface area contributed by atoms with E-state index in [1.807, 2.05) is 31.4 Å². The molecule has 128 valence electrons. The predicted molar refractivity (Wildman–Crippen MR) is 93.3 cm³/mol. The molecule has 2 aromatic heterocycles. The number of nitrogens with zero attached hydrogens (tertiary/aromatic N) is 1. The summed E-state index contributed by atoms with van der Waals surface area (Å²) < 4.78 is 5.35. The summed E-state index contributed by atoms with van der Waals surface area (Å²) in [5, 5.41) is 10.1. The number of urea groups is 1. The number of amides is 3. The van der Waals surface area contributed by atoms with Crippen molar-refractivity contribution in [3.8, 4) is 5.88 Å². The molecule has 2 aromatic rings. The highest BCUT2D eigenvalue weighted by molar-refractivity contribution is 7.10. The number of anilines is 1. The third-order valence-electron chi connectivity index (χ3n) is 3.03. The van der Waals surface area contributed by atoms with Crippen LogP contribution in [0.1, 0.15) is 24.8 Å². The van der Waals surface area contributed by atoms with Gasteiger partial charge in [-0.15, -0.1) is 11.3 Å². The van der Waals surface area contributed by atoms with Gasteiger partial charge in [-0.05, 0) is 31.4 Å². The second-order valence-electron chi connectivity index (χ2n) is 4.96. The summed E-state index contributed by atoms with van der Waals surface area (Å²) in [7, 11) is 0.